The predicted molar refractivity (Wildman–Crippen MR) is 90.4 cm³/mol. The molecule has 0 fully saturated rings. The van der Waals surface area contributed by atoms with Crippen molar-refractivity contribution in [2.45, 2.75) is 78.2 Å². The Morgan fingerprint density at radius 3 is 2.15 bits per heavy atom. The highest BCUT2D eigenvalue weighted by molar-refractivity contribution is 5.23. The summed E-state index contributed by atoms with van der Waals surface area (Å²) in [6.07, 6.45) is 10.3. The number of benzene rings is 1. The van der Waals surface area contributed by atoms with Gasteiger partial charge in [0.2, 0.25) is 0 Å². The van der Waals surface area contributed by atoms with Crippen LogP contribution in [0.4, 0.5) is 0 Å². The van der Waals surface area contributed by atoms with Crippen LogP contribution in [0.1, 0.15) is 70.4 Å². The Kier molecular flexibility index (Phi) is 9.40. The molecular formula is C19H33N. The lowest BCUT2D eigenvalue weighted by Gasteiger charge is -2.13. The minimum atomic E-state index is 0.581. The molecule has 0 aromatic heterocycles. The van der Waals surface area contributed by atoms with Crippen LogP contribution >= 0.6 is 0 Å². The first-order chi connectivity index (χ1) is 9.76. The molecule has 0 aliphatic rings. The van der Waals surface area contributed by atoms with Crippen LogP contribution < -0.4 is 5.32 Å². The van der Waals surface area contributed by atoms with Crippen molar-refractivity contribution >= 4 is 0 Å². The van der Waals surface area contributed by atoms with E-state index in [0.29, 0.717) is 6.04 Å². The summed E-state index contributed by atoms with van der Waals surface area (Å²) in [4.78, 5) is 0. The molecule has 0 radical (unpaired) electrons. The summed E-state index contributed by atoms with van der Waals surface area (Å²) in [6.45, 7) is 7.94. The molecule has 0 saturated carbocycles. The first kappa shape index (κ1) is 17.2. The van der Waals surface area contributed by atoms with Gasteiger partial charge in [-0.05, 0) is 50.3 Å². The third-order valence-electron chi connectivity index (χ3n) is 3.91. The molecule has 0 aliphatic carbocycles. The third-order valence-corrected chi connectivity index (χ3v) is 3.91. The zero-order valence-electron chi connectivity index (χ0n) is 13.8. The van der Waals surface area contributed by atoms with Crippen molar-refractivity contribution in [1.82, 2.24) is 5.32 Å². The van der Waals surface area contributed by atoms with Crippen LogP contribution in [0.3, 0.4) is 0 Å². The lowest BCUT2D eigenvalue weighted by atomic mass is 10.0. The molecule has 0 aliphatic heterocycles. The second-order valence-electron chi connectivity index (χ2n) is 6.04. The Balaban J connectivity index is 2.27. The standard InChI is InChI=1S/C19H33N/c1-4-6-8-9-10-18-11-13-19(14-12-18)16-17(3)20-15-7-5-2/h11-14,17,20H,4-10,15-16H2,1-3H3. The minimum Gasteiger partial charge on any atom is -0.314 e. The van der Waals surface area contributed by atoms with Crippen molar-refractivity contribution in [2.75, 3.05) is 6.54 Å². The normalized spacial score (nSPS) is 12.6. The van der Waals surface area contributed by atoms with Crippen molar-refractivity contribution < 1.29 is 0 Å². The van der Waals surface area contributed by atoms with Gasteiger partial charge in [-0.1, -0.05) is 63.8 Å². The first-order valence-corrected chi connectivity index (χ1v) is 8.57. The molecular weight excluding hydrogens is 242 g/mol. The average Bonchev–Trinajstić information content (AvgIpc) is 2.46. The second kappa shape index (κ2) is 10.9. The lowest BCUT2D eigenvalue weighted by Crippen LogP contribution is -2.28. The van der Waals surface area contributed by atoms with Gasteiger partial charge in [0.1, 0.15) is 0 Å². The monoisotopic (exact) mass is 275 g/mol. The number of nitrogens with one attached hydrogen (secondary N) is 1. The quantitative estimate of drug-likeness (QED) is 0.552. The number of hydrogen-bond donors (Lipinski definition) is 1. The molecule has 1 atom stereocenters. The van der Waals surface area contributed by atoms with Gasteiger partial charge in [-0.15, -0.1) is 0 Å². The average molecular weight is 275 g/mol. The largest absolute Gasteiger partial charge is 0.314 e. The molecule has 1 N–H and O–H groups in total. The molecule has 1 aromatic carbocycles. The Hall–Kier alpha value is -0.820. The lowest BCUT2D eigenvalue weighted by molar-refractivity contribution is 0.531. The highest BCUT2D eigenvalue weighted by Gasteiger charge is 2.02. The molecule has 0 bridgehead atoms. The van der Waals surface area contributed by atoms with E-state index in [4.69, 9.17) is 0 Å². The Morgan fingerprint density at radius 2 is 1.50 bits per heavy atom. The van der Waals surface area contributed by atoms with Gasteiger partial charge in [0.05, 0.1) is 0 Å². The molecule has 1 rings (SSSR count). The summed E-state index contributed by atoms with van der Waals surface area (Å²) in [5.74, 6) is 0. The molecule has 0 heterocycles. The zero-order chi connectivity index (χ0) is 14.6. The van der Waals surface area contributed by atoms with E-state index < -0.39 is 0 Å². The smallest absolute Gasteiger partial charge is 0.00791 e. The third kappa shape index (κ3) is 7.69. The summed E-state index contributed by atoms with van der Waals surface area (Å²) < 4.78 is 0. The highest BCUT2D eigenvalue weighted by Crippen LogP contribution is 2.11. The van der Waals surface area contributed by atoms with E-state index in [1.807, 2.05) is 0 Å². The van der Waals surface area contributed by atoms with E-state index >= 15 is 0 Å². The summed E-state index contributed by atoms with van der Waals surface area (Å²) in [7, 11) is 0. The van der Waals surface area contributed by atoms with E-state index in [-0.39, 0.29) is 0 Å². The number of aryl methyl sites for hydroxylation is 1. The summed E-state index contributed by atoms with van der Waals surface area (Å²) in [6, 6.07) is 9.84. The van der Waals surface area contributed by atoms with E-state index in [1.165, 1.54) is 56.1 Å². The second-order valence-corrected chi connectivity index (χ2v) is 6.04. The molecule has 1 heteroatoms. The van der Waals surface area contributed by atoms with Gasteiger partial charge < -0.3 is 5.32 Å². The van der Waals surface area contributed by atoms with Crippen molar-refractivity contribution in [3.63, 3.8) is 0 Å². The van der Waals surface area contributed by atoms with Crippen molar-refractivity contribution in [2.24, 2.45) is 0 Å². The van der Waals surface area contributed by atoms with Crippen molar-refractivity contribution in [3.8, 4) is 0 Å². The maximum absolute atomic E-state index is 3.59. The fraction of sp³-hybridized carbons (Fsp3) is 0.684. The van der Waals surface area contributed by atoms with Crippen LogP contribution in [0.25, 0.3) is 0 Å². The summed E-state index contributed by atoms with van der Waals surface area (Å²) in [5.41, 5.74) is 2.95. The Labute approximate surface area is 126 Å². The topological polar surface area (TPSA) is 12.0 Å². The van der Waals surface area contributed by atoms with Crippen LogP contribution in [-0.2, 0) is 12.8 Å². The zero-order valence-corrected chi connectivity index (χ0v) is 13.8. The molecule has 1 nitrogen and oxygen atoms in total. The summed E-state index contributed by atoms with van der Waals surface area (Å²) in [5, 5.41) is 3.59. The van der Waals surface area contributed by atoms with E-state index in [9.17, 15) is 0 Å². The van der Waals surface area contributed by atoms with E-state index in [1.54, 1.807) is 0 Å². The predicted octanol–water partition coefficient (Wildman–Crippen LogP) is 5.13. The van der Waals surface area contributed by atoms with Crippen molar-refractivity contribution in [3.05, 3.63) is 35.4 Å². The van der Waals surface area contributed by atoms with Gasteiger partial charge >= 0.3 is 0 Å². The van der Waals surface area contributed by atoms with E-state index in [2.05, 4.69) is 50.4 Å². The fourth-order valence-corrected chi connectivity index (χ4v) is 2.55. The van der Waals surface area contributed by atoms with Gasteiger partial charge in [-0.25, -0.2) is 0 Å². The Morgan fingerprint density at radius 1 is 0.850 bits per heavy atom. The van der Waals surface area contributed by atoms with E-state index in [0.717, 1.165) is 13.0 Å². The molecule has 20 heavy (non-hydrogen) atoms. The number of unbranched alkanes of at least 4 members (excludes halogenated alkanes) is 4. The van der Waals surface area contributed by atoms with Crippen LogP contribution in [-0.4, -0.2) is 12.6 Å². The SMILES string of the molecule is CCCCCCc1ccc(CC(C)NCCCC)cc1. The molecule has 114 valence electrons. The molecule has 0 saturated heterocycles. The maximum atomic E-state index is 3.59. The van der Waals surface area contributed by atoms with Crippen LogP contribution in [0.5, 0.6) is 0 Å². The fourth-order valence-electron chi connectivity index (χ4n) is 2.55. The molecule has 1 aromatic rings. The number of rotatable bonds is 11. The van der Waals surface area contributed by atoms with Gasteiger partial charge in [0.25, 0.3) is 0 Å². The maximum Gasteiger partial charge on any atom is 0.00791 e. The van der Waals surface area contributed by atoms with Crippen LogP contribution in [0, 0.1) is 0 Å². The van der Waals surface area contributed by atoms with Crippen molar-refractivity contribution in [1.29, 1.82) is 0 Å². The van der Waals surface area contributed by atoms with Gasteiger partial charge in [-0.2, -0.15) is 0 Å². The van der Waals surface area contributed by atoms with Gasteiger partial charge in [0.15, 0.2) is 0 Å². The number of hydrogen-bond acceptors (Lipinski definition) is 1. The molecule has 0 amide bonds. The first-order valence-electron chi connectivity index (χ1n) is 8.57. The van der Waals surface area contributed by atoms with Gasteiger partial charge in [-0.3, -0.25) is 0 Å². The summed E-state index contributed by atoms with van der Waals surface area (Å²) >= 11 is 0. The van der Waals surface area contributed by atoms with Crippen LogP contribution in [0.15, 0.2) is 24.3 Å². The Bertz CT molecular complexity index is 328. The molecule has 0 spiro atoms. The minimum absolute atomic E-state index is 0.581. The highest BCUT2D eigenvalue weighted by atomic mass is 14.9. The van der Waals surface area contributed by atoms with Crippen LogP contribution in [0.2, 0.25) is 0 Å². The van der Waals surface area contributed by atoms with Gasteiger partial charge in [0, 0.05) is 6.04 Å². The molecule has 1 unspecified atom stereocenters.